The number of rotatable bonds is 6. The Kier molecular flexibility index (Phi) is 5.42. The first kappa shape index (κ1) is 21.5. The van der Waals surface area contributed by atoms with E-state index >= 15 is 0 Å². The van der Waals surface area contributed by atoms with Crippen molar-refractivity contribution in [2.45, 2.75) is 45.8 Å². The molecule has 1 fully saturated rings. The molecule has 1 aliphatic rings. The summed E-state index contributed by atoms with van der Waals surface area (Å²) in [6.07, 6.45) is 1.44. The second kappa shape index (κ2) is 8.56. The van der Waals surface area contributed by atoms with Crippen LogP contribution in [0.15, 0.2) is 46.9 Å². The SMILES string of the molecule is Cc1nnc(Oc2ccc3c(C#N)c(-c4ccc(NC(=O)OC(C)C)cc4)n(C4CC4)c3c2)o1. The van der Waals surface area contributed by atoms with Gasteiger partial charge in [-0.3, -0.25) is 5.32 Å². The molecule has 0 spiro atoms. The highest BCUT2D eigenvalue weighted by Gasteiger charge is 2.31. The summed E-state index contributed by atoms with van der Waals surface area (Å²) in [7, 11) is 0. The van der Waals surface area contributed by atoms with Crippen LogP contribution >= 0.6 is 0 Å². The molecule has 9 heteroatoms. The number of nitriles is 1. The van der Waals surface area contributed by atoms with Crippen molar-refractivity contribution in [3.63, 3.8) is 0 Å². The van der Waals surface area contributed by atoms with Crippen LogP contribution in [0, 0.1) is 18.3 Å². The predicted octanol–water partition coefficient (Wildman–Crippen LogP) is 5.96. The lowest BCUT2D eigenvalue weighted by Gasteiger charge is -2.12. The Balaban J connectivity index is 1.53. The van der Waals surface area contributed by atoms with Gasteiger partial charge in [0.15, 0.2) is 0 Å². The van der Waals surface area contributed by atoms with Gasteiger partial charge in [0.05, 0.1) is 22.9 Å². The molecule has 0 radical (unpaired) electrons. The van der Waals surface area contributed by atoms with E-state index in [1.807, 2.05) is 24.3 Å². The van der Waals surface area contributed by atoms with E-state index in [4.69, 9.17) is 13.9 Å². The molecule has 2 heterocycles. The number of amides is 1. The second-order valence-electron chi connectivity index (χ2n) is 8.46. The number of nitrogens with zero attached hydrogens (tertiary/aromatic N) is 4. The second-order valence-corrected chi connectivity index (χ2v) is 8.46. The average molecular weight is 457 g/mol. The van der Waals surface area contributed by atoms with Gasteiger partial charge in [0.1, 0.15) is 11.8 Å². The third-order valence-electron chi connectivity index (χ3n) is 5.46. The third kappa shape index (κ3) is 4.18. The smallest absolute Gasteiger partial charge is 0.420 e. The summed E-state index contributed by atoms with van der Waals surface area (Å²) < 4.78 is 18.4. The molecule has 1 aliphatic carbocycles. The van der Waals surface area contributed by atoms with Gasteiger partial charge in [0, 0.05) is 30.1 Å². The van der Waals surface area contributed by atoms with Gasteiger partial charge in [0.2, 0.25) is 5.89 Å². The number of fused-ring (bicyclic) bond motifs is 1. The summed E-state index contributed by atoms with van der Waals surface area (Å²) in [6, 6.07) is 15.7. The van der Waals surface area contributed by atoms with Crippen LogP contribution in [0.1, 0.15) is 44.2 Å². The van der Waals surface area contributed by atoms with Gasteiger partial charge in [-0.05, 0) is 56.5 Å². The molecular formula is C25H23N5O4. The molecule has 2 aromatic carbocycles. The van der Waals surface area contributed by atoms with Crippen molar-refractivity contribution in [3.05, 3.63) is 53.9 Å². The van der Waals surface area contributed by atoms with Crippen LogP contribution in [0.25, 0.3) is 22.2 Å². The molecule has 0 bridgehead atoms. The van der Waals surface area contributed by atoms with Crippen LogP contribution in [0.4, 0.5) is 10.5 Å². The Bertz CT molecular complexity index is 1410. The van der Waals surface area contributed by atoms with E-state index < -0.39 is 6.09 Å². The number of nitrogens with one attached hydrogen (secondary N) is 1. The minimum atomic E-state index is -0.503. The van der Waals surface area contributed by atoms with E-state index in [1.54, 1.807) is 39.0 Å². The number of hydrogen-bond acceptors (Lipinski definition) is 7. The zero-order valence-electron chi connectivity index (χ0n) is 19.0. The third-order valence-corrected chi connectivity index (χ3v) is 5.46. The van der Waals surface area contributed by atoms with Crippen molar-refractivity contribution < 1.29 is 18.7 Å². The molecule has 1 saturated carbocycles. The molecule has 0 aliphatic heterocycles. The molecule has 0 atom stereocenters. The van der Waals surface area contributed by atoms with Crippen LogP contribution in [0.2, 0.25) is 0 Å². The Morgan fingerprint density at radius 3 is 2.59 bits per heavy atom. The molecule has 5 rings (SSSR count). The molecule has 0 saturated heterocycles. The number of aryl methyl sites for hydroxylation is 1. The van der Waals surface area contributed by atoms with E-state index in [0.717, 1.165) is 35.0 Å². The maximum Gasteiger partial charge on any atom is 0.420 e. The number of aromatic nitrogens is 3. The molecule has 1 amide bonds. The molecule has 0 unspecified atom stereocenters. The Labute approximate surface area is 195 Å². The van der Waals surface area contributed by atoms with Crippen LogP contribution in [-0.2, 0) is 4.74 Å². The maximum absolute atomic E-state index is 11.9. The van der Waals surface area contributed by atoms with Crippen molar-refractivity contribution in [2.24, 2.45) is 0 Å². The molecule has 4 aromatic rings. The standard InChI is InChI=1S/C25H23N5O4/c1-14(2)32-24(31)27-17-6-4-16(5-7-17)23-21(13-26)20-11-10-19(34-25-29-28-15(3)33-25)12-22(20)30(23)18-8-9-18/h4-7,10-12,14,18H,8-9H2,1-3H3,(H,27,31). The Morgan fingerprint density at radius 2 is 1.97 bits per heavy atom. The summed E-state index contributed by atoms with van der Waals surface area (Å²) >= 11 is 0. The fourth-order valence-corrected chi connectivity index (χ4v) is 3.96. The molecule has 172 valence electrons. The number of benzene rings is 2. The topological polar surface area (TPSA) is 115 Å². The number of carbonyl (C=O) groups excluding carboxylic acids is 1. The number of carbonyl (C=O) groups is 1. The van der Waals surface area contributed by atoms with E-state index in [1.165, 1.54) is 0 Å². The van der Waals surface area contributed by atoms with Crippen molar-refractivity contribution in [1.82, 2.24) is 14.8 Å². The largest absolute Gasteiger partial charge is 0.447 e. The van der Waals surface area contributed by atoms with E-state index in [-0.39, 0.29) is 12.2 Å². The summed E-state index contributed by atoms with van der Waals surface area (Å²) in [5, 5.41) is 21.3. The number of anilines is 1. The predicted molar refractivity (Wildman–Crippen MR) is 125 cm³/mol. The van der Waals surface area contributed by atoms with Crippen molar-refractivity contribution >= 4 is 22.7 Å². The quantitative estimate of drug-likeness (QED) is 0.380. The molecule has 34 heavy (non-hydrogen) atoms. The summed E-state index contributed by atoms with van der Waals surface area (Å²) in [4.78, 5) is 11.9. The number of ether oxygens (including phenoxy) is 2. The van der Waals surface area contributed by atoms with Crippen molar-refractivity contribution in [3.8, 4) is 29.2 Å². The average Bonchev–Trinajstić information content (AvgIpc) is 3.47. The van der Waals surface area contributed by atoms with Crippen LogP contribution in [0.5, 0.6) is 11.8 Å². The molecular weight excluding hydrogens is 434 g/mol. The summed E-state index contributed by atoms with van der Waals surface area (Å²) in [5.74, 6) is 0.969. The van der Waals surface area contributed by atoms with Crippen molar-refractivity contribution in [2.75, 3.05) is 5.32 Å². The minimum Gasteiger partial charge on any atom is -0.447 e. The Morgan fingerprint density at radius 1 is 1.21 bits per heavy atom. The van der Waals surface area contributed by atoms with E-state index in [9.17, 15) is 10.1 Å². The monoisotopic (exact) mass is 457 g/mol. The van der Waals surface area contributed by atoms with Gasteiger partial charge in [-0.15, -0.1) is 5.10 Å². The zero-order chi connectivity index (χ0) is 23.8. The normalized spacial score (nSPS) is 13.1. The number of hydrogen-bond donors (Lipinski definition) is 1. The summed E-state index contributed by atoms with van der Waals surface area (Å²) in [5.41, 5.74) is 3.86. The maximum atomic E-state index is 11.9. The fraction of sp³-hybridized carbons (Fsp3) is 0.280. The first-order valence-corrected chi connectivity index (χ1v) is 11.1. The summed E-state index contributed by atoms with van der Waals surface area (Å²) in [6.45, 7) is 5.28. The first-order valence-electron chi connectivity index (χ1n) is 11.1. The van der Waals surface area contributed by atoms with Crippen LogP contribution in [-0.4, -0.2) is 27.0 Å². The highest BCUT2D eigenvalue weighted by molar-refractivity contribution is 5.96. The first-order chi connectivity index (χ1) is 16.4. The lowest BCUT2D eigenvalue weighted by Crippen LogP contribution is -2.17. The van der Waals surface area contributed by atoms with Crippen molar-refractivity contribution in [1.29, 1.82) is 5.26 Å². The lowest BCUT2D eigenvalue weighted by molar-refractivity contribution is 0.130. The zero-order valence-corrected chi connectivity index (χ0v) is 19.0. The van der Waals surface area contributed by atoms with Gasteiger partial charge in [-0.25, -0.2) is 4.79 Å². The molecule has 1 N–H and O–H groups in total. The van der Waals surface area contributed by atoms with Gasteiger partial charge in [-0.1, -0.05) is 17.2 Å². The molecule has 2 aromatic heterocycles. The highest BCUT2D eigenvalue weighted by Crippen LogP contribution is 2.45. The van der Waals surface area contributed by atoms with Crippen LogP contribution < -0.4 is 10.1 Å². The minimum absolute atomic E-state index is 0.0705. The van der Waals surface area contributed by atoms with E-state index in [0.29, 0.717) is 28.9 Å². The van der Waals surface area contributed by atoms with Crippen LogP contribution in [0.3, 0.4) is 0 Å². The van der Waals surface area contributed by atoms with E-state index in [2.05, 4.69) is 26.2 Å². The van der Waals surface area contributed by atoms with Gasteiger partial charge < -0.3 is 18.5 Å². The van der Waals surface area contributed by atoms with Gasteiger partial charge in [0.25, 0.3) is 0 Å². The van der Waals surface area contributed by atoms with Gasteiger partial charge >= 0.3 is 12.2 Å². The fourth-order valence-electron chi connectivity index (χ4n) is 3.96. The van der Waals surface area contributed by atoms with Gasteiger partial charge in [-0.2, -0.15) is 5.26 Å². The lowest BCUT2D eigenvalue weighted by atomic mass is 10.1. The highest BCUT2D eigenvalue weighted by atomic mass is 16.6. The molecule has 9 nitrogen and oxygen atoms in total. The Hall–Kier alpha value is -4.32.